The van der Waals surface area contributed by atoms with Crippen LogP contribution in [0.1, 0.15) is 60.1 Å². The molecule has 1 aliphatic carbocycles. The molecule has 8 heteroatoms. The molecule has 3 rings (SSSR count). The molecule has 1 atom stereocenters. The first kappa shape index (κ1) is 26.5. The monoisotopic (exact) mass is 500 g/mol. The van der Waals surface area contributed by atoms with Gasteiger partial charge in [-0.3, -0.25) is 9.59 Å². The van der Waals surface area contributed by atoms with Crippen molar-refractivity contribution in [3.05, 3.63) is 58.1 Å². The number of hydrogen-bond donors (Lipinski definition) is 2. The lowest BCUT2D eigenvalue weighted by Gasteiger charge is -2.27. The topological polar surface area (TPSA) is 93.7 Å². The number of nitrogens with one attached hydrogen (secondary N) is 2. The van der Waals surface area contributed by atoms with Crippen LogP contribution in [0.4, 0.5) is 5.69 Å². The lowest BCUT2D eigenvalue weighted by Crippen LogP contribution is -2.32. The average molecular weight is 501 g/mol. The largest absolute Gasteiger partial charge is 0.496 e. The molecular formula is C27H33ClN2O5. The summed E-state index contributed by atoms with van der Waals surface area (Å²) in [5.41, 5.74) is 3.00. The van der Waals surface area contributed by atoms with Crippen molar-refractivity contribution in [3.8, 4) is 5.75 Å². The highest BCUT2D eigenvalue weighted by atomic mass is 35.5. The Labute approximate surface area is 211 Å². The molecule has 0 saturated heterocycles. The molecule has 0 heterocycles. The molecule has 7 nitrogen and oxygen atoms in total. The van der Waals surface area contributed by atoms with Crippen molar-refractivity contribution in [2.75, 3.05) is 26.1 Å². The number of aldehydes is 1. The zero-order valence-corrected chi connectivity index (χ0v) is 21.2. The lowest BCUT2D eigenvalue weighted by atomic mass is 9.82. The van der Waals surface area contributed by atoms with Gasteiger partial charge in [0.15, 0.2) is 0 Å². The van der Waals surface area contributed by atoms with Crippen molar-refractivity contribution in [1.82, 2.24) is 5.32 Å². The summed E-state index contributed by atoms with van der Waals surface area (Å²) in [6, 6.07) is 10.7. The highest BCUT2D eigenvalue weighted by Gasteiger charge is 2.27. The van der Waals surface area contributed by atoms with Crippen molar-refractivity contribution in [2.24, 2.45) is 11.8 Å². The molecule has 35 heavy (non-hydrogen) atoms. The van der Waals surface area contributed by atoms with Gasteiger partial charge >= 0.3 is 5.97 Å². The fraction of sp³-hybridized carbons (Fsp3) is 0.444. The van der Waals surface area contributed by atoms with Crippen LogP contribution in [0.5, 0.6) is 5.75 Å². The number of hydrogen-bond acceptors (Lipinski definition) is 6. The Kier molecular flexibility index (Phi) is 9.55. The zero-order chi connectivity index (χ0) is 25.4. The minimum Gasteiger partial charge on any atom is -0.496 e. The standard InChI is InChI=1S/C27H33ClN2O5/c1-17(22-14-18(12-13-31)6-11-25(22)34-2)30-24-10-9-21(15-23(24)28)26(32)29-16-19-4-7-20(8-5-19)27(33)35-3/h6,9-11,13-15,17,19-20,30H,4-5,7-8,12,16H2,1-3H3,(H,29,32)/t17-,19?,20?/m0/s1. The second-order valence-corrected chi connectivity index (χ2v) is 9.37. The van der Waals surface area contributed by atoms with Crippen LogP contribution in [-0.2, 0) is 20.7 Å². The molecule has 1 aliphatic rings. The SMILES string of the molecule is COC(=O)C1CCC(CNC(=O)c2ccc(N[C@@H](C)c3cc(CC=O)ccc3OC)c(Cl)c2)CC1. The van der Waals surface area contributed by atoms with Crippen LogP contribution >= 0.6 is 11.6 Å². The minimum atomic E-state index is -0.176. The molecule has 2 aromatic carbocycles. The molecule has 0 unspecified atom stereocenters. The second kappa shape index (κ2) is 12.6. The van der Waals surface area contributed by atoms with E-state index in [1.54, 1.807) is 25.3 Å². The smallest absolute Gasteiger partial charge is 0.308 e. The molecule has 2 N–H and O–H groups in total. The van der Waals surface area contributed by atoms with Crippen molar-refractivity contribution < 1.29 is 23.9 Å². The van der Waals surface area contributed by atoms with Gasteiger partial charge in [-0.15, -0.1) is 0 Å². The molecule has 1 saturated carbocycles. The Bertz CT molecular complexity index is 1050. The number of rotatable bonds is 10. The van der Waals surface area contributed by atoms with E-state index < -0.39 is 0 Å². The first-order valence-corrected chi connectivity index (χ1v) is 12.3. The zero-order valence-electron chi connectivity index (χ0n) is 20.4. The summed E-state index contributed by atoms with van der Waals surface area (Å²) in [5.74, 6) is 0.720. The maximum atomic E-state index is 12.7. The summed E-state index contributed by atoms with van der Waals surface area (Å²) in [5, 5.41) is 6.80. The van der Waals surface area contributed by atoms with Gasteiger partial charge in [0.2, 0.25) is 0 Å². The predicted molar refractivity (Wildman–Crippen MR) is 136 cm³/mol. The van der Waals surface area contributed by atoms with Crippen molar-refractivity contribution in [2.45, 2.75) is 45.1 Å². The van der Waals surface area contributed by atoms with E-state index in [1.807, 2.05) is 25.1 Å². The van der Waals surface area contributed by atoms with E-state index in [9.17, 15) is 14.4 Å². The van der Waals surface area contributed by atoms with E-state index in [0.717, 1.165) is 43.1 Å². The maximum Gasteiger partial charge on any atom is 0.308 e. The van der Waals surface area contributed by atoms with E-state index in [1.165, 1.54) is 7.11 Å². The van der Waals surface area contributed by atoms with Gasteiger partial charge in [-0.1, -0.05) is 17.7 Å². The summed E-state index contributed by atoms with van der Waals surface area (Å²) < 4.78 is 10.3. The number of halogens is 1. The first-order chi connectivity index (χ1) is 16.9. The van der Waals surface area contributed by atoms with Crippen LogP contribution in [0.2, 0.25) is 5.02 Å². The van der Waals surface area contributed by atoms with Crippen molar-refractivity contribution in [3.63, 3.8) is 0 Å². The lowest BCUT2D eigenvalue weighted by molar-refractivity contribution is -0.146. The molecule has 1 amide bonds. The number of ether oxygens (including phenoxy) is 2. The summed E-state index contributed by atoms with van der Waals surface area (Å²) in [6.45, 7) is 2.55. The van der Waals surface area contributed by atoms with Crippen LogP contribution in [0.15, 0.2) is 36.4 Å². The summed E-state index contributed by atoms with van der Waals surface area (Å²) in [6.07, 6.45) is 4.57. The van der Waals surface area contributed by atoms with Crippen LogP contribution in [-0.4, -0.2) is 38.9 Å². The van der Waals surface area contributed by atoms with Gasteiger partial charge in [-0.2, -0.15) is 0 Å². The normalized spacial score (nSPS) is 18.3. The number of carbonyl (C=O) groups is 3. The molecule has 0 radical (unpaired) electrons. The van der Waals surface area contributed by atoms with E-state index in [0.29, 0.717) is 40.9 Å². The predicted octanol–water partition coefficient (Wildman–Crippen LogP) is 4.97. The Hall–Kier alpha value is -3.06. The molecule has 2 aromatic rings. The van der Waals surface area contributed by atoms with Crippen molar-refractivity contribution >= 4 is 35.5 Å². The maximum absolute atomic E-state index is 12.7. The molecule has 0 aliphatic heterocycles. The fourth-order valence-corrected chi connectivity index (χ4v) is 4.77. The van der Waals surface area contributed by atoms with Gasteiger partial charge in [-0.05, 0) is 74.4 Å². The van der Waals surface area contributed by atoms with Gasteiger partial charge in [0.1, 0.15) is 12.0 Å². The number of anilines is 1. The number of carbonyl (C=O) groups excluding carboxylic acids is 3. The Balaban J connectivity index is 1.58. The average Bonchev–Trinajstić information content (AvgIpc) is 2.88. The molecule has 0 spiro atoms. The first-order valence-electron chi connectivity index (χ1n) is 11.9. The third-order valence-corrected chi connectivity index (χ3v) is 6.93. The molecule has 188 valence electrons. The second-order valence-electron chi connectivity index (χ2n) is 8.96. The minimum absolute atomic E-state index is 0.0272. The number of esters is 1. The van der Waals surface area contributed by atoms with E-state index in [4.69, 9.17) is 21.1 Å². The number of benzene rings is 2. The summed E-state index contributed by atoms with van der Waals surface area (Å²) in [4.78, 5) is 35.3. The Morgan fingerprint density at radius 3 is 2.49 bits per heavy atom. The van der Waals surface area contributed by atoms with E-state index >= 15 is 0 Å². The quantitative estimate of drug-likeness (QED) is 0.353. The van der Waals surface area contributed by atoms with Crippen LogP contribution < -0.4 is 15.4 Å². The fourth-order valence-electron chi connectivity index (χ4n) is 4.54. The van der Waals surface area contributed by atoms with Crippen LogP contribution in [0.25, 0.3) is 0 Å². The summed E-state index contributed by atoms with van der Waals surface area (Å²) >= 11 is 6.50. The van der Waals surface area contributed by atoms with Crippen LogP contribution in [0.3, 0.4) is 0 Å². The Morgan fingerprint density at radius 2 is 1.86 bits per heavy atom. The summed E-state index contributed by atoms with van der Waals surface area (Å²) in [7, 11) is 3.03. The molecular weight excluding hydrogens is 468 g/mol. The third kappa shape index (κ3) is 6.98. The molecule has 0 aromatic heterocycles. The van der Waals surface area contributed by atoms with Gasteiger partial charge in [0.05, 0.1) is 36.9 Å². The van der Waals surface area contributed by atoms with Crippen molar-refractivity contribution in [1.29, 1.82) is 0 Å². The van der Waals surface area contributed by atoms with E-state index in [-0.39, 0.29) is 23.8 Å². The van der Waals surface area contributed by atoms with Gasteiger partial charge in [0, 0.05) is 24.1 Å². The number of methoxy groups -OCH3 is 2. The van der Waals surface area contributed by atoms with Gasteiger partial charge in [0.25, 0.3) is 5.91 Å². The van der Waals surface area contributed by atoms with Gasteiger partial charge in [-0.25, -0.2) is 0 Å². The van der Waals surface area contributed by atoms with E-state index in [2.05, 4.69) is 10.6 Å². The highest BCUT2D eigenvalue weighted by Crippen LogP contribution is 2.32. The molecule has 1 fully saturated rings. The van der Waals surface area contributed by atoms with Crippen LogP contribution in [0, 0.1) is 11.8 Å². The highest BCUT2D eigenvalue weighted by molar-refractivity contribution is 6.33. The third-order valence-electron chi connectivity index (χ3n) is 6.62. The number of amides is 1. The molecule has 0 bridgehead atoms. The Morgan fingerprint density at radius 1 is 1.11 bits per heavy atom. The van der Waals surface area contributed by atoms with Gasteiger partial charge < -0.3 is 24.9 Å².